The molecule has 1 aliphatic carbocycles. The zero-order chi connectivity index (χ0) is 20.1. The average Bonchev–Trinajstić information content (AvgIpc) is 3.10. The van der Waals surface area contributed by atoms with E-state index in [-0.39, 0.29) is 18.1 Å². The smallest absolute Gasteiger partial charge is 0.404 e. The van der Waals surface area contributed by atoms with Crippen LogP contribution in [0.2, 0.25) is 0 Å². The van der Waals surface area contributed by atoms with Crippen molar-refractivity contribution in [1.29, 1.82) is 0 Å². The maximum Gasteiger partial charge on any atom is 0.404 e. The van der Waals surface area contributed by atoms with Gasteiger partial charge >= 0.3 is 12.1 Å². The zero-order valence-electron chi connectivity index (χ0n) is 16.0. The number of nitrogens with zero attached hydrogens (tertiary/aromatic N) is 5. The number of amides is 3. The fraction of sp³-hybridized carbons (Fsp3) is 0.500. The van der Waals surface area contributed by atoms with Crippen molar-refractivity contribution in [3.8, 4) is 11.3 Å². The minimum Gasteiger partial charge on any atom is -0.465 e. The average molecular weight is 387 g/mol. The van der Waals surface area contributed by atoms with Gasteiger partial charge in [-0.2, -0.15) is 5.10 Å². The summed E-state index contributed by atoms with van der Waals surface area (Å²) in [6.07, 6.45) is 8.50. The molecule has 0 aliphatic heterocycles. The molecule has 2 heterocycles. The van der Waals surface area contributed by atoms with Crippen LogP contribution in [-0.2, 0) is 7.05 Å². The van der Waals surface area contributed by atoms with E-state index in [9.17, 15) is 9.59 Å². The first-order valence-electron chi connectivity index (χ1n) is 9.35. The molecule has 2 aromatic heterocycles. The molecule has 1 fully saturated rings. The van der Waals surface area contributed by atoms with Crippen molar-refractivity contribution in [2.24, 2.45) is 7.05 Å². The van der Waals surface area contributed by atoms with E-state index in [0.29, 0.717) is 43.7 Å². The molecule has 10 nitrogen and oxygen atoms in total. The number of carbonyl (C=O) groups is 2. The van der Waals surface area contributed by atoms with Crippen LogP contribution in [0.1, 0.15) is 32.6 Å². The van der Waals surface area contributed by atoms with Crippen LogP contribution >= 0.6 is 0 Å². The minimum atomic E-state index is -1.01. The second-order valence-electron chi connectivity index (χ2n) is 6.82. The van der Waals surface area contributed by atoms with Gasteiger partial charge in [-0.3, -0.25) is 14.6 Å². The van der Waals surface area contributed by atoms with Crippen LogP contribution in [-0.4, -0.2) is 55.6 Å². The molecule has 1 saturated carbocycles. The van der Waals surface area contributed by atoms with Crippen LogP contribution in [0, 0.1) is 0 Å². The standard InChI is InChI=1S/C18H25N7O3/c1-3-19-17(26)25(14-6-4-13(5-7-14)23-18(27)28)16-10-20-15(9-21-16)12-8-22-24(2)11-12/h8-11,13-14,23H,3-7H2,1-2H3,(H,19,26)(H,27,28). The summed E-state index contributed by atoms with van der Waals surface area (Å²) >= 11 is 0. The normalized spacial score (nSPS) is 19.1. The van der Waals surface area contributed by atoms with E-state index in [1.165, 1.54) is 0 Å². The Morgan fingerprint density at radius 1 is 1.21 bits per heavy atom. The van der Waals surface area contributed by atoms with Gasteiger partial charge in [-0.15, -0.1) is 0 Å². The molecule has 0 aromatic carbocycles. The molecule has 3 rings (SSSR count). The number of hydrogen-bond donors (Lipinski definition) is 3. The second-order valence-corrected chi connectivity index (χ2v) is 6.82. The van der Waals surface area contributed by atoms with Crippen molar-refractivity contribution in [3.63, 3.8) is 0 Å². The Labute approximate surface area is 163 Å². The topological polar surface area (TPSA) is 125 Å². The molecule has 3 amide bonds. The molecular weight excluding hydrogens is 362 g/mol. The molecule has 0 atom stereocenters. The largest absolute Gasteiger partial charge is 0.465 e. The fourth-order valence-electron chi connectivity index (χ4n) is 3.49. The van der Waals surface area contributed by atoms with Crippen LogP contribution in [0.3, 0.4) is 0 Å². The van der Waals surface area contributed by atoms with Crippen LogP contribution in [0.4, 0.5) is 15.4 Å². The first kappa shape index (κ1) is 19.6. The first-order valence-corrected chi connectivity index (χ1v) is 9.35. The lowest BCUT2D eigenvalue weighted by molar-refractivity contribution is 0.184. The fourth-order valence-corrected chi connectivity index (χ4v) is 3.49. The molecule has 3 N–H and O–H groups in total. The Balaban J connectivity index is 1.77. The van der Waals surface area contributed by atoms with Gasteiger partial charge in [0.2, 0.25) is 0 Å². The molecule has 0 spiro atoms. The third kappa shape index (κ3) is 4.56. The van der Waals surface area contributed by atoms with Crippen LogP contribution < -0.4 is 15.5 Å². The maximum atomic E-state index is 12.7. The quantitative estimate of drug-likeness (QED) is 0.720. The number of rotatable bonds is 5. The van der Waals surface area contributed by atoms with E-state index in [0.717, 1.165) is 5.56 Å². The van der Waals surface area contributed by atoms with E-state index in [4.69, 9.17) is 5.11 Å². The summed E-state index contributed by atoms with van der Waals surface area (Å²) in [4.78, 5) is 34.1. The highest BCUT2D eigenvalue weighted by Gasteiger charge is 2.31. The first-order chi connectivity index (χ1) is 13.5. The highest BCUT2D eigenvalue weighted by Crippen LogP contribution is 2.27. The predicted molar refractivity (Wildman–Crippen MR) is 103 cm³/mol. The summed E-state index contributed by atoms with van der Waals surface area (Å²) in [5.74, 6) is 0.480. The summed E-state index contributed by atoms with van der Waals surface area (Å²) < 4.78 is 1.69. The summed E-state index contributed by atoms with van der Waals surface area (Å²) in [6, 6.07) is -0.360. The van der Waals surface area contributed by atoms with E-state index in [1.54, 1.807) is 28.2 Å². The maximum absolute atomic E-state index is 12.7. The third-order valence-electron chi connectivity index (χ3n) is 4.82. The SMILES string of the molecule is CCNC(=O)N(c1cnc(-c2cnn(C)c2)cn1)C1CCC(NC(=O)O)CC1. The lowest BCUT2D eigenvalue weighted by Crippen LogP contribution is -2.50. The van der Waals surface area contributed by atoms with Crippen molar-refractivity contribution in [3.05, 3.63) is 24.8 Å². The van der Waals surface area contributed by atoms with Gasteiger partial charge < -0.3 is 15.7 Å². The molecule has 1 aliphatic rings. The van der Waals surface area contributed by atoms with E-state index >= 15 is 0 Å². The second kappa shape index (κ2) is 8.68. The molecule has 0 radical (unpaired) electrons. The monoisotopic (exact) mass is 387 g/mol. The third-order valence-corrected chi connectivity index (χ3v) is 4.82. The minimum absolute atomic E-state index is 0.0584. The number of urea groups is 1. The highest BCUT2D eigenvalue weighted by atomic mass is 16.4. The predicted octanol–water partition coefficient (Wildman–Crippen LogP) is 1.99. The molecular formula is C18H25N7O3. The molecule has 28 heavy (non-hydrogen) atoms. The van der Waals surface area contributed by atoms with Gasteiger partial charge in [-0.1, -0.05) is 0 Å². The summed E-state index contributed by atoms with van der Waals surface area (Å²) in [5.41, 5.74) is 1.54. The van der Waals surface area contributed by atoms with Crippen molar-refractivity contribution in [2.75, 3.05) is 11.4 Å². The van der Waals surface area contributed by atoms with Crippen LogP contribution in [0.5, 0.6) is 0 Å². The van der Waals surface area contributed by atoms with Crippen LogP contribution in [0.15, 0.2) is 24.8 Å². The van der Waals surface area contributed by atoms with E-state index in [1.807, 2.05) is 20.2 Å². The van der Waals surface area contributed by atoms with Gasteiger partial charge in [0.1, 0.15) is 0 Å². The summed E-state index contributed by atoms with van der Waals surface area (Å²) in [7, 11) is 1.83. The Morgan fingerprint density at radius 2 is 1.96 bits per heavy atom. The number of carbonyl (C=O) groups excluding carboxylic acids is 1. The number of anilines is 1. The van der Waals surface area contributed by atoms with Gasteiger partial charge in [-0.05, 0) is 32.6 Å². The van der Waals surface area contributed by atoms with E-state index in [2.05, 4.69) is 25.7 Å². The van der Waals surface area contributed by atoms with Gasteiger partial charge in [0.25, 0.3) is 0 Å². The van der Waals surface area contributed by atoms with Crippen LogP contribution in [0.25, 0.3) is 11.3 Å². The molecule has 2 aromatic rings. The number of carboxylic acid groups (broad SMARTS) is 1. The van der Waals surface area contributed by atoms with Gasteiger partial charge in [0.15, 0.2) is 5.82 Å². The molecule has 150 valence electrons. The van der Waals surface area contributed by atoms with E-state index < -0.39 is 6.09 Å². The molecule has 0 bridgehead atoms. The van der Waals surface area contributed by atoms with Gasteiger partial charge in [0, 0.05) is 37.4 Å². The number of hydrogen-bond acceptors (Lipinski definition) is 5. The lowest BCUT2D eigenvalue weighted by Gasteiger charge is -2.36. The van der Waals surface area contributed by atoms with Crippen molar-refractivity contribution < 1.29 is 14.7 Å². The molecule has 10 heteroatoms. The lowest BCUT2D eigenvalue weighted by atomic mass is 9.90. The van der Waals surface area contributed by atoms with Gasteiger partial charge in [0.05, 0.1) is 24.3 Å². The number of aromatic nitrogens is 4. The highest BCUT2D eigenvalue weighted by molar-refractivity contribution is 5.91. The Bertz CT molecular complexity index is 813. The summed E-state index contributed by atoms with van der Waals surface area (Å²) in [6.45, 7) is 2.37. The number of nitrogens with one attached hydrogen (secondary N) is 2. The zero-order valence-corrected chi connectivity index (χ0v) is 16.0. The Hall–Kier alpha value is -3.17. The van der Waals surface area contributed by atoms with Crippen molar-refractivity contribution >= 4 is 17.9 Å². The van der Waals surface area contributed by atoms with Gasteiger partial charge in [-0.25, -0.2) is 14.6 Å². The Morgan fingerprint density at radius 3 is 2.50 bits per heavy atom. The Kier molecular flexibility index (Phi) is 6.07. The number of aryl methyl sites for hydroxylation is 1. The summed E-state index contributed by atoms with van der Waals surface area (Å²) in [5, 5.41) is 18.4. The van der Waals surface area contributed by atoms with Crippen molar-refractivity contribution in [2.45, 2.75) is 44.7 Å². The van der Waals surface area contributed by atoms with Crippen molar-refractivity contribution in [1.82, 2.24) is 30.4 Å². The molecule has 0 saturated heterocycles. The molecule has 0 unspecified atom stereocenters.